The van der Waals surface area contributed by atoms with E-state index in [1.807, 2.05) is 20.8 Å². The third-order valence-electron chi connectivity index (χ3n) is 5.22. The van der Waals surface area contributed by atoms with Crippen molar-refractivity contribution < 1.29 is 18.0 Å². The van der Waals surface area contributed by atoms with Gasteiger partial charge < -0.3 is 10.2 Å². The number of carbonyl (C=O) groups is 2. The predicted molar refractivity (Wildman–Crippen MR) is 142 cm³/mol. The monoisotopic (exact) mass is 541 g/mol. The van der Waals surface area contributed by atoms with Gasteiger partial charge in [0.25, 0.3) is 0 Å². The molecule has 2 aromatic carbocycles. The Morgan fingerprint density at radius 2 is 1.69 bits per heavy atom. The van der Waals surface area contributed by atoms with Crippen LogP contribution in [0.3, 0.4) is 0 Å². The van der Waals surface area contributed by atoms with Crippen molar-refractivity contribution in [2.24, 2.45) is 0 Å². The topological polar surface area (TPSA) is 86.8 Å². The van der Waals surface area contributed by atoms with Crippen molar-refractivity contribution in [3.63, 3.8) is 0 Å². The first-order valence-electron chi connectivity index (χ1n) is 11.3. The Morgan fingerprint density at radius 3 is 2.23 bits per heavy atom. The predicted octanol–water partition coefficient (Wildman–Crippen LogP) is 4.87. The van der Waals surface area contributed by atoms with Crippen molar-refractivity contribution in [1.29, 1.82) is 0 Å². The summed E-state index contributed by atoms with van der Waals surface area (Å²) in [5, 5.41) is 3.77. The van der Waals surface area contributed by atoms with Gasteiger partial charge in [-0.2, -0.15) is 0 Å². The molecule has 0 saturated heterocycles. The molecule has 0 aliphatic rings. The lowest BCUT2D eigenvalue weighted by Gasteiger charge is -2.32. The number of hydrogen-bond acceptors (Lipinski definition) is 4. The molecular weight excluding hydrogens is 509 g/mol. The highest BCUT2D eigenvalue weighted by Gasteiger charge is 2.29. The molecule has 0 radical (unpaired) electrons. The Bertz CT molecular complexity index is 1140. The first-order chi connectivity index (χ1) is 16.2. The molecule has 0 saturated carbocycles. The minimum absolute atomic E-state index is 0.0528. The summed E-state index contributed by atoms with van der Waals surface area (Å²) in [6.07, 6.45) is 1.46. The molecule has 0 unspecified atom stereocenters. The Morgan fingerprint density at radius 1 is 1.06 bits per heavy atom. The molecule has 7 nitrogen and oxygen atoms in total. The number of carbonyl (C=O) groups excluding carboxylic acids is 2. The zero-order chi connectivity index (χ0) is 26.4. The number of amides is 2. The maximum Gasteiger partial charge on any atom is 0.242 e. The van der Waals surface area contributed by atoms with E-state index in [0.29, 0.717) is 21.3 Å². The van der Waals surface area contributed by atoms with Gasteiger partial charge in [-0.25, -0.2) is 8.42 Å². The van der Waals surface area contributed by atoms with Crippen LogP contribution in [0.4, 0.5) is 5.69 Å². The number of benzene rings is 2. The maximum absolute atomic E-state index is 13.3. The van der Waals surface area contributed by atoms with E-state index in [2.05, 4.69) is 5.32 Å². The summed E-state index contributed by atoms with van der Waals surface area (Å²) >= 11 is 12.3. The van der Waals surface area contributed by atoms with Crippen LogP contribution in [0.15, 0.2) is 48.5 Å². The van der Waals surface area contributed by atoms with Gasteiger partial charge in [0.15, 0.2) is 0 Å². The molecule has 2 rings (SSSR count). The van der Waals surface area contributed by atoms with Crippen LogP contribution in [-0.2, 0) is 26.2 Å². The number of rotatable bonds is 10. The lowest BCUT2D eigenvalue weighted by atomic mass is 10.1. The van der Waals surface area contributed by atoms with E-state index in [1.165, 1.54) is 9.21 Å². The summed E-state index contributed by atoms with van der Waals surface area (Å²) in [5.74, 6) is -0.577. The van der Waals surface area contributed by atoms with Crippen LogP contribution in [0.2, 0.25) is 10.0 Å². The number of halogens is 2. The fourth-order valence-corrected chi connectivity index (χ4v) is 4.92. The number of anilines is 1. The second kappa shape index (κ2) is 12.1. The first kappa shape index (κ1) is 28.9. The summed E-state index contributed by atoms with van der Waals surface area (Å²) in [6.45, 7) is 7.50. The van der Waals surface area contributed by atoms with Gasteiger partial charge in [0.05, 0.1) is 11.9 Å². The van der Waals surface area contributed by atoms with E-state index in [4.69, 9.17) is 23.2 Å². The van der Waals surface area contributed by atoms with E-state index < -0.39 is 21.6 Å². The largest absolute Gasteiger partial charge is 0.350 e. The molecule has 0 aliphatic carbocycles. The summed E-state index contributed by atoms with van der Waals surface area (Å²) in [7, 11) is -3.53. The van der Waals surface area contributed by atoms with Gasteiger partial charge in [0.2, 0.25) is 21.8 Å². The van der Waals surface area contributed by atoms with Crippen molar-refractivity contribution in [3.8, 4) is 0 Å². The molecule has 192 valence electrons. The minimum atomic E-state index is -3.53. The minimum Gasteiger partial charge on any atom is -0.350 e. The smallest absolute Gasteiger partial charge is 0.242 e. The Labute approximate surface area is 218 Å². The Kier molecular flexibility index (Phi) is 10.0. The molecule has 0 aliphatic heterocycles. The summed E-state index contributed by atoms with van der Waals surface area (Å²) < 4.78 is 25.9. The molecule has 0 fully saturated rings. The number of nitrogens with zero attached hydrogens (tertiary/aromatic N) is 2. The normalized spacial score (nSPS) is 12.7. The third-order valence-corrected chi connectivity index (χ3v) is 7.00. The molecular formula is C25H33Cl2N3O4S. The lowest BCUT2D eigenvalue weighted by Crippen LogP contribution is -2.52. The van der Waals surface area contributed by atoms with Gasteiger partial charge in [0.1, 0.15) is 6.04 Å². The fraction of sp³-hybridized carbons (Fsp3) is 0.440. The average molecular weight is 543 g/mol. The van der Waals surface area contributed by atoms with E-state index in [-0.39, 0.29) is 37.7 Å². The SMILES string of the molecule is C[C@@H](C(=O)NC(C)(C)C)N(Cc1ccc(Cl)cc1Cl)C(=O)CCCN(c1ccccc1)S(C)(=O)=O. The van der Waals surface area contributed by atoms with Crippen LogP contribution in [0, 0.1) is 0 Å². The van der Waals surface area contributed by atoms with Gasteiger partial charge >= 0.3 is 0 Å². The quantitative estimate of drug-likeness (QED) is 0.464. The lowest BCUT2D eigenvalue weighted by molar-refractivity contribution is -0.141. The van der Waals surface area contributed by atoms with Crippen molar-refractivity contribution >= 4 is 50.7 Å². The van der Waals surface area contributed by atoms with Crippen LogP contribution in [0.25, 0.3) is 0 Å². The Hall–Kier alpha value is -2.29. The van der Waals surface area contributed by atoms with Crippen LogP contribution in [0.5, 0.6) is 0 Å². The number of sulfonamides is 1. The van der Waals surface area contributed by atoms with Crippen LogP contribution < -0.4 is 9.62 Å². The van der Waals surface area contributed by atoms with Gasteiger partial charge in [-0.1, -0.05) is 47.5 Å². The second-order valence-corrected chi connectivity index (χ2v) is 12.2. The highest BCUT2D eigenvalue weighted by atomic mass is 35.5. The van der Waals surface area contributed by atoms with Gasteiger partial charge in [0, 0.05) is 35.1 Å². The molecule has 2 aromatic rings. The molecule has 0 spiro atoms. The number of para-hydroxylation sites is 1. The average Bonchev–Trinajstić information content (AvgIpc) is 2.74. The molecule has 0 heterocycles. The van der Waals surface area contributed by atoms with Crippen molar-refractivity contribution in [2.75, 3.05) is 17.1 Å². The Balaban J connectivity index is 2.21. The van der Waals surface area contributed by atoms with Gasteiger partial charge in [-0.05, 0) is 63.9 Å². The summed E-state index contributed by atoms with van der Waals surface area (Å²) in [4.78, 5) is 27.7. The standard InChI is InChI=1S/C25H33Cl2N3O4S/c1-18(24(32)28-25(2,3)4)29(17-19-13-14-20(26)16-22(19)27)23(31)12-9-15-30(35(5,33)34)21-10-7-6-8-11-21/h6-8,10-11,13-14,16,18H,9,12,15,17H2,1-5H3,(H,28,32)/t18-/m0/s1. The second-order valence-electron chi connectivity index (χ2n) is 9.45. The van der Waals surface area contributed by atoms with Gasteiger partial charge in [-0.3, -0.25) is 13.9 Å². The zero-order valence-electron chi connectivity index (χ0n) is 20.7. The molecule has 1 N–H and O–H groups in total. The molecule has 35 heavy (non-hydrogen) atoms. The van der Waals surface area contributed by atoms with Crippen molar-refractivity contribution in [2.45, 2.75) is 58.7 Å². The summed E-state index contributed by atoms with van der Waals surface area (Å²) in [5.41, 5.74) is 0.718. The molecule has 2 amide bonds. The van der Waals surface area contributed by atoms with E-state index in [1.54, 1.807) is 55.5 Å². The number of nitrogens with one attached hydrogen (secondary N) is 1. The van der Waals surface area contributed by atoms with Gasteiger partial charge in [-0.15, -0.1) is 0 Å². The van der Waals surface area contributed by atoms with E-state index >= 15 is 0 Å². The van der Waals surface area contributed by atoms with E-state index in [9.17, 15) is 18.0 Å². The molecule has 10 heteroatoms. The van der Waals surface area contributed by atoms with Crippen LogP contribution in [-0.4, -0.2) is 49.5 Å². The highest BCUT2D eigenvalue weighted by molar-refractivity contribution is 7.92. The van der Waals surface area contributed by atoms with Crippen LogP contribution in [0.1, 0.15) is 46.1 Å². The maximum atomic E-state index is 13.3. The molecule has 1 atom stereocenters. The molecule has 0 aromatic heterocycles. The molecule has 0 bridgehead atoms. The third kappa shape index (κ3) is 9.02. The summed E-state index contributed by atoms with van der Waals surface area (Å²) in [6, 6.07) is 12.9. The number of hydrogen-bond donors (Lipinski definition) is 1. The highest BCUT2D eigenvalue weighted by Crippen LogP contribution is 2.24. The zero-order valence-corrected chi connectivity index (χ0v) is 23.0. The first-order valence-corrected chi connectivity index (χ1v) is 13.9. The van der Waals surface area contributed by atoms with Crippen molar-refractivity contribution in [3.05, 3.63) is 64.1 Å². The van der Waals surface area contributed by atoms with Crippen molar-refractivity contribution in [1.82, 2.24) is 10.2 Å². The van der Waals surface area contributed by atoms with Crippen LogP contribution >= 0.6 is 23.2 Å². The van der Waals surface area contributed by atoms with E-state index in [0.717, 1.165) is 6.26 Å². The fourth-order valence-electron chi connectivity index (χ4n) is 3.49.